The first-order valence-electron chi connectivity index (χ1n) is 7.19. The number of rotatable bonds is 5. The van der Waals surface area contributed by atoms with Crippen LogP contribution in [0.2, 0.25) is 0 Å². The van der Waals surface area contributed by atoms with E-state index in [-0.39, 0.29) is 12.2 Å². The Balaban J connectivity index is 2.00. The number of aromatic hydroxyl groups is 1. The van der Waals surface area contributed by atoms with Crippen LogP contribution in [0.1, 0.15) is 23.4 Å². The molecule has 0 aliphatic heterocycles. The third kappa shape index (κ3) is 3.76. The molecule has 0 bridgehead atoms. The van der Waals surface area contributed by atoms with Crippen LogP contribution in [0.4, 0.5) is 0 Å². The number of fused-ring (bicyclic) bond motifs is 1. The Morgan fingerprint density at radius 1 is 1.09 bits per heavy atom. The molecular formula is C18H15NO3S. The number of thiazole rings is 1. The van der Waals surface area contributed by atoms with Crippen LogP contribution >= 0.6 is 11.3 Å². The minimum absolute atomic E-state index is 0.0554. The number of allylic oxidation sites excluding steroid dienone is 1. The van der Waals surface area contributed by atoms with Gasteiger partial charge in [0.25, 0.3) is 0 Å². The zero-order valence-corrected chi connectivity index (χ0v) is 13.1. The fraction of sp³-hybridized carbons (Fsp3) is 0.111. The summed E-state index contributed by atoms with van der Waals surface area (Å²) in [5, 5.41) is 19.2. The molecule has 23 heavy (non-hydrogen) atoms. The predicted molar refractivity (Wildman–Crippen MR) is 92.5 cm³/mol. The van der Waals surface area contributed by atoms with E-state index in [0.29, 0.717) is 6.42 Å². The molecule has 0 amide bonds. The Bertz CT molecular complexity index is 832. The molecule has 0 atom stereocenters. The van der Waals surface area contributed by atoms with E-state index >= 15 is 0 Å². The topological polar surface area (TPSA) is 70.4 Å². The highest BCUT2D eigenvalue weighted by atomic mass is 32.1. The molecule has 0 spiro atoms. The first-order chi connectivity index (χ1) is 11.1. The lowest BCUT2D eigenvalue weighted by atomic mass is 10.1. The fourth-order valence-electron chi connectivity index (χ4n) is 2.26. The molecule has 0 aliphatic rings. The number of aliphatic carboxylic acids is 1. The van der Waals surface area contributed by atoms with Crippen molar-refractivity contribution in [2.45, 2.75) is 12.8 Å². The summed E-state index contributed by atoms with van der Waals surface area (Å²) in [7, 11) is 0. The van der Waals surface area contributed by atoms with E-state index < -0.39 is 5.97 Å². The SMILES string of the molecule is O=C(O)CC/C(=C/c1ccc(O)cc1)c1nc2ccccc2s1. The first-order valence-corrected chi connectivity index (χ1v) is 8.01. The Morgan fingerprint density at radius 2 is 1.83 bits per heavy atom. The monoisotopic (exact) mass is 325 g/mol. The normalized spacial score (nSPS) is 11.7. The van der Waals surface area contributed by atoms with Crippen LogP contribution in [0, 0.1) is 0 Å². The van der Waals surface area contributed by atoms with E-state index in [9.17, 15) is 9.90 Å². The second kappa shape index (κ2) is 6.62. The van der Waals surface area contributed by atoms with E-state index in [0.717, 1.165) is 26.4 Å². The number of phenolic OH excluding ortho intramolecular Hbond substituents is 1. The van der Waals surface area contributed by atoms with Crippen molar-refractivity contribution in [2.75, 3.05) is 0 Å². The van der Waals surface area contributed by atoms with Gasteiger partial charge in [-0.15, -0.1) is 11.3 Å². The van der Waals surface area contributed by atoms with Crippen molar-refractivity contribution in [3.8, 4) is 5.75 Å². The van der Waals surface area contributed by atoms with Gasteiger partial charge >= 0.3 is 5.97 Å². The summed E-state index contributed by atoms with van der Waals surface area (Å²) < 4.78 is 1.08. The zero-order valence-electron chi connectivity index (χ0n) is 12.3. The summed E-state index contributed by atoms with van der Waals surface area (Å²) in [6, 6.07) is 14.7. The number of aromatic nitrogens is 1. The standard InChI is InChI=1S/C18H15NO3S/c20-14-8-5-12(6-9-14)11-13(7-10-17(21)22)18-19-15-3-1-2-4-16(15)23-18/h1-6,8-9,11,20H,7,10H2,(H,21,22)/b13-11-. The average molecular weight is 325 g/mol. The summed E-state index contributed by atoms with van der Waals surface area (Å²) in [6.07, 6.45) is 2.40. The maximum atomic E-state index is 10.9. The average Bonchev–Trinajstić information content (AvgIpc) is 2.97. The second-order valence-corrected chi connectivity index (χ2v) is 6.17. The van der Waals surface area contributed by atoms with Crippen molar-refractivity contribution < 1.29 is 15.0 Å². The molecule has 3 rings (SSSR count). The number of para-hydroxylation sites is 1. The van der Waals surface area contributed by atoms with Crippen LogP contribution in [0.25, 0.3) is 21.9 Å². The van der Waals surface area contributed by atoms with Crippen LogP contribution in [-0.4, -0.2) is 21.2 Å². The molecule has 2 aromatic carbocycles. The summed E-state index contributed by atoms with van der Waals surface area (Å²) in [6.45, 7) is 0. The summed E-state index contributed by atoms with van der Waals surface area (Å²) in [5.41, 5.74) is 2.71. The molecule has 1 aromatic heterocycles. The molecule has 5 heteroatoms. The lowest BCUT2D eigenvalue weighted by molar-refractivity contribution is -0.136. The van der Waals surface area contributed by atoms with Crippen molar-refractivity contribution >= 4 is 39.2 Å². The van der Waals surface area contributed by atoms with E-state index in [1.165, 1.54) is 0 Å². The van der Waals surface area contributed by atoms with Crippen LogP contribution < -0.4 is 0 Å². The third-order valence-electron chi connectivity index (χ3n) is 3.41. The highest BCUT2D eigenvalue weighted by Gasteiger charge is 2.11. The number of benzene rings is 2. The van der Waals surface area contributed by atoms with Crippen molar-refractivity contribution in [3.63, 3.8) is 0 Å². The molecule has 0 radical (unpaired) electrons. The number of carboxylic acid groups (broad SMARTS) is 1. The molecule has 0 saturated heterocycles. The first kappa shape index (κ1) is 15.2. The molecular weight excluding hydrogens is 310 g/mol. The lowest BCUT2D eigenvalue weighted by Crippen LogP contribution is -1.95. The van der Waals surface area contributed by atoms with E-state index in [1.807, 2.05) is 30.3 Å². The number of carboxylic acids is 1. The summed E-state index contributed by atoms with van der Waals surface area (Å²) in [4.78, 5) is 15.5. The third-order valence-corrected chi connectivity index (χ3v) is 4.52. The smallest absolute Gasteiger partial charge is 0.303 e. The second-order valence-electron chi connectivity index (χ2n) is 5.14. The van der Waals surface area contributed by atoms with Gasteiger partial charge in [-0.1, -0.05) is 24.3 Å². The minimum atomic E-state index is -0.831. The van der Waals surface area contributed by atoms with E-state index in [2.05, 4.69) is 4.98 Å². The molecule has 0 aliphatic carbocycles. The van der Waals surface area contributed by atoms with Crippen LogP contribution in [0.15, 0.2) is 48.5 Å². The Hall–Kier alpha value is -2.66. The molecule has 0 unspecified atom stereocenters. The van der Waals surface area contributed by atoms with Crippen molar-refractivity contribution in [1.82, 2.24) is 4.98 Å². The predicted octanol–water partition coefficient (Wildman–Crippen LogP) is 4.41. The van der Waals surface area contributed by atoms with Gasteiger partial charge in [-0.3, -0.25) is 4.79 Å². The highest BCUT2D eigenvalue weighted by Crippen LogP contribution is 2.31. The number of hydrogen-bond acceptors (Lipinski definition) is 4. The summed E-state index contributed by atoms with van der Waals surface area (Å²) in [5.74, 6) is -0.628. The van der Waals surface area contributed by atoms with E-state index in [1.54, 1.807) is 35.6 Å². The fourth-order valence-corrected chi connectivity index (χ4v) is 3.27. The quantitative estimate of drug-likeness (QED) is 0.729. The molecule has 0 saturated carbocycles. The molecule has 4 nitrogen and oxygen atoms in total. The highest BCUT2D eigenvalue weighted by molar-refractivity contribution is 7.19. The Morgan fingerprint density at radius 3 is 2.52 bits per heavy atom. The van der Waals surface area contributed by atoms with Gasteiger partial charge in [0, 0.05) is 6.42 Å². The van der Waals surface area contributed by atoms with Gasteiger partial charge in [-0.25, -0.2) is 4.98 Å². The number of carbonyl (C=O) groups is 1. The van der Waals surface area contributed by atoms with Gasteiger partial charge in [0.1, 0.15) is 10.8 Å². The number of nitrogens with zero attached hydrogens (tertiary/aromatic N) is 1. The van der Waals surface area contributed by atoms with Gasteiger partial charge in [0.05, 0.1) is 10.2 Å². The Labute approximate surface area is 137 Å². The van der Waals surface area contributed by atoms with Crippen LogP contribution in [0.5, 0.6) is 5.75 Å². The maximum absolute atomic E-state index is 10.9. The van der Waals surface area contributed by atoms with Gasteiger partial charge in [-0.05, 0) is 47.9 Å². The van der Waals surface area contributed by atoms with Gasteiger partial charge in [0.15, 0.2) is 0 Å². The zero-order chi connectivity index (χ0) is 16.2. The van der Waals surface area contributed by atoms with Crippen molar-refractivity contribution in [1.29, 1.82) is 0 Å². The molecule has 2 N–H and O–H groups in total. The van der Waals surface area contributed by atoms with Gasteiger partial charge in [-0.2, -0.15) is 0 Å². The molecule has 116 valence electrons. The Kier molecular flexibility index (Phi) is 4.39. The van der Waals surface area contributed by atoms with Crippen molar-refractivity contribution in [3.05, 3.63) is 59.1 Å². The molecule has 1 heterocycles. The largest absolute Gasteiger partial charge is 0.508 e. The minimum Gasteiger partial charge on any atom is -0.508 e. The number of hydrogen-bond donors (Lipinski definition) is 2. The van der Waals surface area contributed by atoms with Gasteiger partial charge in [0.2, 0.25) is 0 Å². The maximum Gasteiger partial charge on any atom is 0.303 e. The van der Waals surface area contributed by atoms with E-state index in [4.69, 9.17) is 5.11 Å². The molecule has 0 fully saturated rings. The van der Waals surface area contributed by atoms with Gasteiger partial charge < -0.3 is 10.2 Å². The lowest BCUT2D eigenvalue weighted by Gasteiger charge is -2.03. The van der Waals surface area contributed by atoms with Crippen LogP contribution in [0.3, 0.4) is 0 Å². The number of phenols is 1. The molecule has 3 aromatic rings. The summed E-state index contributed by atoms with van der Waals surface area (Å²) >= 11 is 1.56. The van der Waals surface area contributed by atoms with Crippen molar-refractivity contribution in [2.24, 2.45) is 0 Å². The van der Waals surface area contributed by atoms with Crippen LogP contribution in [-0.2, 0) is 4.79 Å².